The molecule has 0 spiro atoms. The Morgan fingerprint density at radius 2 is 2.00 bits per heavy atom. The average molecular weight is 286 g/mol. The minimum Gasteiger partial charge on any atom is -0.396 e. The first-order chi connectivity index (χ1) is 9.85. The maximum Gasteiger partial charge on any atom is 0.123 e. The second-order valence-corrected chi connectivity index (χ2v) is 5.25. The normalized spacial score (nSPS) is 10.8. The highest BCUT2D eigenvalue weighted by Crippen LogP contribution is 2.23. The fraction of sp³-hybridized carbons (Fsp3) is 0.214. The van der Waals surface area contributed by atoms with E-state index in [0.717, 1.165) is 22.0 Å². The number of hydrogen-bond donors (Lipinski definition) is 1. The van der Waals surface area contributed by atoms with E-state index in [1.165, 1.54) is 0 Å². The molecule has 0 atom stereocenters. The molecule has 102 valence electrons. The van der Waals surface area contributed by atoms with Crippen LogP contribution in [0.4, 0.5) is 0 Å². The SMILES string of the molecule is OCCc1cn(Cc2csc(-c3ccccc3)n2)nn1. The zero-order valence-corrected chi connectivity index (χ0v) is 11.6. The third kappa shape index (κ3) is 2.92. The molecule has 0 radical (unpaired) electrons. The second-order valence-electron chi connectivity index (χ2n) is 4.39. The van der Waals surface area contributed by atoms with Gasteiger partial charge in [-0.2, -0.15) is 0 Å². The topological polar surface area (TPSA) is 63.8 Å². The van der Waals surface area contributed by atoms with Gasteiger partial charge in [-0.05, 0) is 0 Å². The fourth-order valence-corrected chi connectivity index (χ4v) is 2.72. The van der Waals surface area contributed by atoms with Crippen LogP contribution < -0.4 is 0 Å². The molecule has 1 N–H and O–H groups in total. The lowest BCUT2D eigenvalue weighted by atomic mass is 10.2. The van der Waals surface area contributed by atoms with Gasteiger partial charge in [0.1, 0.15) is 5.01 Å². The number of aliphatic hydroxyl groups excluding tert-OH is 1. The van der Waals surface area contributed by atoms with Crippen LogP contribution in [0.25, 0.3) is 10.6 Å². The Hall–Kier alpha value is -2.05. The van der Waals surface area contributed by atoms with Crippen molar-refractivity contribution in [1.82, 2.24) is 20.0 Å². The third-order valence-electron chi connectivity index (χ3n) is 2.85. The smallest absolute Gasteiger partial charge is 0.123 e. The molecule has 2 heterocycles. The first-order valence-corrected chi connectivity index (χ1v) is 7.23. The molecule has 2 aromatic heterocycles. The first-order valence-electron chi connectivity index (χ1n) is 6.35. The number of rotatable bonds is 5. The van der Waals surface area contributed by atoms with Crippen molar-refractivity contribution >= 4 is 11.3 Å². The summed E-state index contributed by atoms with van der Waals surface area (Å²) in [6, 6.07) is 10.1. The Morgan fingerprint density at radius 3 is 2.80 bits per heavy atom. The quantitative estimate of drug-likeness (QED) is 0.779. The Labute approximate surface area is 120 Å². The van der Waals surface area contributed by atoms with Gasteiger partial charge in [-0.25, -0.2) is 9.67 Å². The Kier molecular flexibility index (Phi) is 3.85. The minimum absolute atomic E-state index is 0.0908. The van der Waals surface area contributed by atoms with Gasteiger partial charge in [-0.15, -0.1) is 16.4 Å². The van der Waals surface area contributed by atoms with Crippen LogP contribution in [0.15, 0.2) is 41.9 Å². The van der Waals surface area contributed by atoms with Crippen molar-refractivity contribution in [3.8, 4) is 10.6 Å². The first kappa shape index (κ1) is 13.0. The summed E-state index contributed by atoms with van der Waals surface area (Å²) in [4.78, 5) is 4.61. The molecule has 3 aromatic rings. The predicted molar refractivity (Wildman–Crippen MR) is 77.5 cm³/mol. The van der Waals surface area contributed by atoms with Gasteiger partial charge in [-0.3, -0.25) is 0 Å². The fourth-order valence-electron chi connectivity index (χ4n) is 1.90. The third-order valence-corrected chi connectivity index (χ3v) is 3.79. The van der Waals surface area contributed by atoms with E-state index in [1.807, 2.05) is 29.8 Å². The van der Waals surface area contributed by atoms with E-state index in [2.05, 4.69) is 27.4 Å². The number of thiazole rings is 1. The maximum atomic E-state index is 8.86. The second kappa shape index (κ2) is 5.94. The highest BCUT2D eigenvalue weighted by atomic mass is 32.1. The Morgan fingerprint density at radius 1 is 1.15 bits per heavy atom. The van der Waals surface area contributed by atoms with Crippen LogP contribution in [0, 0.1) is 0 Å². The van der Waals surface area contributed by atoms with Crippen LogP contribution in [-0.4, -0.2) is 31.7 Å². The van der Waals surface area contributed by atoms with Crippen molar-refractivity contribution in [1.29, 1.82) is 0 Å². The lowest BCUT2D eigenvalue weighted by Crippen LogP contribution is -2.00. The molecular formula is C14H14N4OS. The standard InChI is InChI=1S/C14H14N4OS/c19-7-6-12-8-18(17-16-12)9-13-10-20-14(15-13)11-4-2-1-3-5-11/h1-5,8,10,19H,6-7,9H2. The van der Waals surface area contributed by atoms with Crippen LogP contribution in [-0.2, 0) is 13.0 Å². The predicted octanol–water partition coefficient (Wildman–Crippen LogP) is 1.98. The maximum absolute atomic E-state index is 8.86. The van der Waals surface area contributed by atoms with Crippen LogP contribution in [0.3, 0.4) is 0 Å². The van der Waals surface area contributed by atoms with Crippen LogP contribution in [0.2, 0.25) is 0 Å². The van der Waals surface area contributed by atoms with Gasteiger partial charge in [0.05, 0.1) is 17.9 Å². The van der Waals surface area contributed by atoms with Gasteiger partial charge in [0.2, 0.25) is 0 Å². The van der Waals surface area contributed by atoms with E-state index in [9.17, 15) is 0 Å². The van der Waals surface area contributed by atoms with Crippen molar-refractivity contribution in [2.24, 2.45) is 0 Å². The van der Waals surface area contributed by atoms with E-state index in [1.54, 1.807) is 16.0 Å². The van der Waals surface area contributed by atoms with Crippen LogP contribution in [0.1, 0.15) is 11.4 Å². The molecule has 0 bridgehead atoms. The highest BCUT2D eigenvalue weighted by Gasteiger charge is 2.06. The lowest BCUT2D eigenvalue weighted by Gasteiger charge is -1.96. The molecule has 0 amide bonds. The van der Waals surface area contributed by atoms with Crippen molar-refractivity contribution in [2.75, 3.05) is 6.61 Å². The number of hydrogen-bond acceptors (Lipinski definition) is 5. The van der Waals surface area contributed by atoms with Crippen molar-refractivity contribution in [3.63, 3.8) is 0 Å². The molecule has 0 unspecified atom stereocenters. The zero-order valence-electron chi connectivity index (χ0n) is 10.8. The molecule has 0 aliphatic rings. The molecule has 5 nitrogen and oxygen atoms in total. The van der Waals surface area contributed by atoms with Crippen molar-refractivity contribution in [2.45, 2.75) is 13.0 Å². The van der Waals surface area contributed by atoms with Gasteiger partial charge >= 0.3 is 0 Å². The largest absolute Gasteiger partial charge is 0.396 e. The number of benzene rings is 1. The summed E-state index contributed by atoms with van der Waals surface area (Å²) in [5.41, 5.74) is 2.89. The minimum atomic E-state index is 0.0908. The van der Waals surface area contributed by atoms with Gasteiger partial charge in [0.15, 0.2) is 0 Å². The summed E-state index contributed by atoms with van der Waals surface area (Å²) in [5.74, 6) is 0. The zero-order chi connectivity index (χ0) is 13.8. The Bertz CT molecular complexity index is 677. The molecule has 6 heteroatoms. The average Bonchev–Trinajstić information content (AvgIpc) is 3.11. The molecule has 0 aliphatic heterocycles. The number of aromatic nitrogens is 4. The molecule has 20 heavy (non-hydrogen) atoms. The monoisotopic (exact) mass is 286 g/mol. The van der Waals surface area contributed by atoms with E-state index >= 15 is 0 Å². The summed E-state index contributed by atoms with van der Waals surface area (Å²) in [7, 11) is 0. The number of nitrogens with zero attached hydrogens (tertiary/aromatic N) is 4. The summed E-state index contributed by atoms with van der Waals surface area (Å²) >= 11 is 1.63. The molecule has 0 saturated heterocycles. The van der Waals surface area contributed by atoms with E-state index in [-0.39, 0.29) is 6.61 Å². The summed E-state index contributed by atoms with van der Waals surface area (Å²) in [5, 5.41) is 19.9. The summed E-state index contributed by atoms with van der Waals surface area (Å²) in [6.45, 7) is 0.690. The van der Waals surface area contributed by atoms with Crippen molar-refractivity contribution in [3.05, 3.63) is 53.3 Å². The Balaban J connectivity index is 1.73. The lowest BCUT2D eigenvalue weighted by molar-refractivity contribution is 0.298. The van der Waals surface area contributed by atoms with Gasteiger partial charge in [0.25, 0.3) is 0 Å². The van der Waals surface area contributed by atoms with Gasteiger partial charge in [-0.1, -0.05) is 35.5 Å². The summed E-state index contributed by atoms with van der Waals surface area (Å²) in [6.07, 6.45) is 2.38. The van der Waals surface area contributed by atoms with E-state index in [4.69, 9.17) is 5.11 Å². The summed E-state index contributed by atoms with van der Waals surface area (Å²) < 4.78 is 1.74. The molecule has 0 saturated carbocycles. The van der Waals surface area contributed by atoms with Crippen LogP contribution >= 0.6 is 11.3 Å². The molecule has 3 rings (SSSR count). The van der Waals surface area contributed by atoms with Crippen molar-refractivity contribution < 1.29 is 5.11 Å². The van der Waals surface area contributed by atoms with Crippen LogP contribution in [0.5, 0.6) is 0 Å². The molecule has 0 fully saturated rings. The van der Waals surface area contributed by atoms with E-state index in [0.29, 0.717) is 13.0 Å². The van der Waals surface area contributed by atoms with Gasteiger partial charge in [0, 0.05) is 30.2 Å². The highest BCUT2D eigenvalue weighted by molar-refractivity contribution is 7.13. The van der Waals surface area contributed by atoms with E-state index < -0.39 is 0 Å². The molecular weight excluding hydrogens is 272 g/mol. The van der Waals surface area contributed by atoms with Gasteiger partial charge < -0.3 is 5.11 Å². The molecule has 0 aliphatic carbocycles. The number of aliphatic hydroxyl groups is 1. The molecule has 1 aromatic carbocycles.